The van der Waals surface area contributed by atoms with Crippen molar-refractivity contribution in [1.82, 2.24) is 25.6 Å². The Bertz CT molecular complexity index is 1100. The summed E-state index contributed by atoms with van der Waals surface area (Å²) in [5.41, 5.74) is 1.56. The molecule has 0 aliphatic carbocycles. The molecule has 2 unspecified atom stereocenters. The average molecular weight is 476 g/mol. The number of carbonyl (C=O) groups excluding carboxylic acids is 3. The summed E-state index contributed by atoms with van der Waals surface area (Å²) in [5.74, 6) is -2.22. The molecule has 0 spiro atoms. The van der Waals surface area contributed by atoms with Crippen LogP contribution in [0.1, 0.15) is 38.1 Å². The van der Waals surface area contributed by atoms with E-state index >= 15 is 0 Å². The number of H-pyrrole nitrogens is 1. The number of amides is 2. The molecule has 3 rings (SSSR count). The molecule has 1 aliphatic rings. The first-order valence-electron chi connectivity index (χ1n) is 10.9. The summed E-state index contributed by atoms with van der Waals surface area (Å²) in [5, 5.41) is 12.2. The van der Waals surface area contributed by atoms with Gasteiger partial charge in [-0.25, -0.2) is 8.42 Å². The number of hydrogen-bond acceptors (Lipinski definition) is 6. The van der Waals surface area contributed by atoms with Gasteiger partial charge in [0.25, 0.3) is 5.91 Å². The van der Waals surface area contributed by atoms with E-state index in [1.807, 2.05) is 19.9 Å². The van der Waals surface area contributed by atoms with Crippen molar-refractivity contribution in [3.05, 3.63) is 47.8 Å². The number of nitrogens with one attached hydrogen (secondary N) is 4. The number of fused-ring (bicyclic) bond motifs is 2. The quantitative estimate of drug-likeness (QED) is 0.427. The second-order valence-electron chi connectivity index (χ2n) is 8.47. The molecule has 1 aliphatic heterocycles. The zero-order valence-corrected chi connectivity index (χ0v) is 19.4. The lowest BCUT2D eigenvalue weighted by Gasteiger charge is -2.23. The summed E-state index contributed by atoms with van der Waals surface area (Å²) in [4.78, 5) is 38.2. The van der Waals surface area contributed by atoms with E-state index in [4.69, 9.17) is 0 Å². The summed E-state index contributed by atoms with van der Waals surface area (Å²) < 4.78 is 28.0. The third-order valence-corrected chi connectivity index (χ3v) is 6.77. The van der Waals surface area contributed by atoms with Crippen molar-refractivity contribution in [2.75, 3.05) is 6.54 Å². The molecule has 1 aromatic heterocycles. The highest BCUT2D eigenvalue weighted by molar-refractivity contribution is 7.89. The molecule has 2 heterocycles. The third-order valence-electron chi connectivity index (χ3n) is 5.28. The van der Waals surface area contributed by atoms with Gasteiger partial charge in [-0.2, -0.15) is 9.82 Å². The molecule has 178 valence electrons. The Morgan fingerprint density at radius 3 is 2.61 bits per heavy atom. The summed E-state index contributed by atoms with van der Waals surface area (Å²) in [6.07, 6.45) is 1.25. The van der Waals surface area contributed by atoms with E-state index in [2.05, 4.69) is 25.6 Å². The molecule has 2 amide bonds. The molecule has 2 atom stereocenters. The lowest BCUT2D eigenvalue weighted by molar-refractivity contribution is -0.140. The first-order valence-corrected chi connectivity index (χ1v) is 12.4. The van der Waals surface area contributed by atoms with E-state index in [0.29, 0.717) is 12.8 Å². The van der Waals surface area contributed by atoms with Crippen molar-refractivity contribution in [2.24, 2.45) is 5.92 Å². The molecule has 0 radical (unpaired) electrons. The topological polar surface area (TPSA) is 150 Å². The van der Waals surface area contributed by atoms with Gasteiger partial charge in [-0.3, -0.25) is 19.5 Å². The van der Waals surface area contributed by atoms with Gasteiger partial charge in [0.2, 0.25) is 21.7 Å². The Morgan fingerprint density at radius 2 is 1.91 bits per heavy atom. The maximum atomic E-state index is 13.1. The molecule has 11 heteroatoms. The van der Waals surface area contributed by atoms with Crippen molar-refractivity contribution in [3.63, 3.8) is 0 Å². The second kappa shape index (κ2) is 10.7. The lowest BCUT2D eigenvalue weighted by atomic mass is 10.0. The number of ketones is 1. The molecule has 4 N–H and O–H groups in total. The molecular weight excluding hydrogens is 446 g/mol. The van der Waals surface area contributed by atoms with Gasteiger partial charge < -0.3 is 10.6 Å². The van der Waals surface area contributed by atoms with Gasteiger partial charge in [0, 0.05) is 18.7 Å². The highest BCUT2D eigenvalue weighted by Crippen LogP contribution is 2.13. The van der Waals surface area contributed by atoms with Crippen molar-refractivity contribution in [2.45, 2.75) is 56.5 Å². The molecular formula is C22H29N5O5S. The average Bonchev–Trinajstić information content (AvgIpc) is 3.22. The van der Waals surface area contributed by atoms with Crippen LogP contribution in [0.3, 0.4) is 0 Å². The lowest BCUT2D eigenvalue weighted by Crippen LogP contribution is -2.54. The Hall–Kier alpha value is -3.05. The number of hydrogen-bond donors (Lipinski definition) is 4. The zero-order valence-electron chi connectivity index (χ0n) is 18.6. The van der Waals surface area contributed by atoms with E-state index in [1.54, 1.807) is 18.2 Å². The number of Topliss-reactive ketones (excluding diaryl/α,β-unsaturated/α-hetero) is 1. The Morgan fingerprint density at radius 1 is 1.18 bits per heavy atom. The predicted octanol–water partition coefficient (Wildman–Crippen LogP) is 0.462. The minimum absolute atomic E-state index is 0.00537. The van der Waals surface area contributed by atoms with Crippen LogP contribution in [-0.2, 0) is 37.2 Å². The van der Waals surface area contributed by atoms with Crippen LogP contribution in [-0.4, -0.2) is 54.8 Å². The van der Waals surface area contributed by atoms with Gasteiger partial charge in [0.1, 0.15) is 6.04 Å². The van der Waals surface area contributed by atoms with Gasteiger partial charge in [-0.05, 0) is 43.4 Å². The van der Waals surface area contributed by atoms with Crippen LogP contribution >= 0.6 is 0 Å². The van der Waals surface area contributed by atoms with Crippen LogP contribution in [0.25, 0.3) is 0 Å². The first-order chi connectivity index (χ1) is 15.7. The SMILES string of the molecule is CC(C)CC(NS(=O)(=O)c1ccccc1)C(=O)NC1CCc2cc(n[nH]2)CCNC(=O)C1=O. The van der Waals surface area contributed by atoms with Gasteiger partial charge in [0.15, 0.2) is 0 Å². The van der Waals surface area contributed by atoms with Crippen molar-refractivity contribution in [1.29, 1.82) is 0 Å². The van der Waals surface area contributed by atoms with Gasteiger partial charge in [-0.1, -0.05) is 32.0 Å². The van der Waals surface area contributed by atoms with Gasteiger partial charge in [-0.15, -0.1) is 0 Å². The maximum Gasteiger partial charge on any atom is 0.289 e. The van der Waals surface area contributed by atoms with E-state index in [9.17, 15) is 22.8 Å². The fraction of sp³-hybridized carbons (Fsp3) is 0.455. The number of rotatable bonds is 7. The van der Waals surface area contributed by atoms with Crippen LogP contribution < -0.4 is 15.4 Å². The van der Waals surface area contributed by atoms with E-state index < -0.39 is 39.7 Å². The molecule has 2 bridgehead atoms. The molecule has 0 saturated carbocycles. The van der Waals surface area contributed by atoms with Crippen molar-refractivity contribution >= 4 is 27.6 Å². The second-order valence-corrected chi connectivity index (χ2v) is 10.2. The third kappa shape index (κ3) is 6.72. The molecule has 33 heavy (non-hydrogen) atoms. The van der Waals surface area contributed by atoms with Crippen molar-refractivity contribution in [3.8, 4) is 0 Å². The van der Waals surface area contributed by atoms with Crippen LogP contribution in [0.5, 0.6) is 0 Å². The summed E-state index contributed by atoms with van der Waals surface area (Å²) in [6, 6.07) is 7.39. The standard InChI is InChI=1S/C22H29N5O5S/c1-14(2)12-19(27-33(31,32)17-6-4-3-5-7-17)21(29)24-18-9-8-15-13-16(26-25-15)10-11-23-22(30)20(18)28/h3-7,13-14,18-19,27H,8-12H2,1-2H3,(H,23,30)(H,24,29)(H,25,26). The summed E-state index contributed by atoms with van der Waals surface area (Å²) in [7, 11) is -3.96. The maximum absolute atomic E-state index is 13.1. The number of nitrogens with zero attached hydrogens (tertiary/aromatic N) is 1. The van der Waals surface area contributed by atoms with E-state index in [0.717, 1.165) is 11.4 Å². The fourth-order valence-electron chi connectivity index (χ4n) is 3.59. The Balaban J connectivity index is 1.78. The normalized spacial score (nSPS) is 18.3. The van der Waals surface area contributed by atoms with Gasteiger partial charge in [0.05, 0.1) is 16.6 Å². The summed E-state index contributed by atoms with van der Waals surface area (Å²) >= 11 is 0. The van der Waals surface area contributed by atoms with E-state index in [-0.39, 0.29) is 30.2 Å². The number of aromatic nitrogens is 2. The molecule has 1 aromatic carbocycles. The van der Waals surface area contributed by atoms with Crippen LogP contribution in [0.2, 0.25) is 0 Å². The van der Waals surface area contributed by atoms with E-state index in [1.165, 1.54) is 12.1 Å². The molecule has 2 aromatic rings. The smallest absolute Gasteiger partial charge is 0.289 e. The number of benzene rings is 1. The minimum atomic E-state index is -3.96. The Labute approximate surface area is 193 Å². The summed E-state index contributed by atoms with van der Waals surface area (Å²) in [6.45, 7) is 3.96. The monoisotopic (exact) mass is 475 g/mol. The number of aromatic amines is 1. The predicted molar refractivity (Wildman–Crippen MR) is 121 cm³/mol. The molecule has 0 fully saturated rings. The van der Waals surface area contributed by atoms with Crippen LogP contribution in [0.4, 0.5) is 0 Å². The van der Waals surface area contributed by atoms with Crippen molar-refractivity contribution < 1.29 is 22.8 Å². The fourth-order valence-corrected chi connectivity index (χ4v) is 4.82. The van der Waals surface area contributed by atoms with Gasteiger partial charge >= 0.3 is 0 Å². The van der Waals surface area contributed by atoms with Crippen LogP contribution in [0, 0.1) is 5.92 Å². The number of carbonyl (C=O) groups is 3. The highest BCUT2D eigenvalue weighted by Gasteiger charge is 2.32. The highest BCUT2D eigenvalue weighted by atomic mass is 32.2. The number of sulfonamides is 1. The largest absolute Gasteiger partial charge is 0.349 e. The first kappa shape index (κ1) is 24.6. The Kier molecular flexibility index (Phi) is 7.98. The zero-order chi connectivity index (χ0) is 24.0. The molecule has 10 nitrogen and oxygen atoms in total. The molecule has 0 saturated heterocycles. The van der Waals surface area contributed by atoms with Crippen LogP contribution in [0.15, 0.2) is 41.3 Å². The minimum Gasteiger partial charge on any atom is -0.349 e. The number of aryl methyl sites for hydroxylation is 1.